The number of nitrogens with one attached hydrogen (secondary N) is 2. The van der Waals surface area contributed by atoms with E-state index in [1.807, 2.05) is 0 Å². The quantitative estimate of drug-likeness (QED) is 0.574. The fourth-order valence-corrected chi connectivity index (χ4v) is 1.17. The van der Waals surface area contributed by atoms with E-state index < -0.39 is 0 Å². The van der Waals surface area contributed by atoms with E-state index in [1.54, 1.807) is 0 Å². The van der Waals surface area contributed by atoms with Crippen LogP contribution in [0.1, 0.15) is 54.9 Å². The van der Waals surface area contributed by atoms with Gasteiger partial charge in [0.25, 0.3) is 0 Å². The normalized spacial score (nSPS) is 13.8. The first-order chi connectivity index (χ1) is 7.14. The van der Waals surface area contributed by atoms with Gasteiger partial charge >= 0.3 is 0 Å². The third-order valence-corrected chi connectivity index (χ3v) is 1.97. The van der Waals surface area contributed by atoms with Crippen molar-refractivity contribution in [2.75, 3.05) is 13.1 Å². The molecule has 96 valence electrons. The smallest absolute Gasteiger partial charge is 0.191 e. The van der Waals surface area contributed by atoms with Crippen LogP contribution in [0.4, 0.5) is 0 Å². The lowest BCUT2D eigenvalue weighted by molar-refractivity contribution is 0.384. The number of guanidine groups is 1. The fraction of sp³-hybridized carbons (Fsp3) is 0.923. The second kappa shape index (κ2) is 6.12. The van der Waals surface area contributed by atoms with Gasteiger partial charge in [0.15, 0.2) is 5.96 Å². The summed E-state index contributed by atoms with van der Waals surface area (Å²) in [6, 6.07) is 0. The van der Waals surface area contributed by atoms with E-state index in [-0.39, 0.29) is 5.54 Å². The van der Waals surface area contributed by atoms with E-state index in [0.717, 1.165) is 25.5 Å². The summed E-state index contributed by atoms with van der Waals surface area (Å²) in [4.78, 5) is 4.58. The molecule has 3 nitrogen and oxygen atoms in total. The third-order valence-electron chi connectivity index (χ3n) is 1.97. The number of hydrogen-bond acceptors (Lipinski definition) is 1. The van der Waals surface area contributed by atoms with Crippen LogP contribution in [-0.4, -0.2) is 24.6 Å². The molecule has 0 aliphatic carbocycles. The molecule has 0 aromatic carbocycles. The highest BCUT2D eigenvalue weighted by molar-refractivity contribution is 5.80. The van der Waals surface area contributed by atoms with Crippen molar-refractivity contribution in [2.24, 2.45) is 10.4 Å². The Morgan fingerprint density at radius 2 is 1.62 bits per heavy atom. The molecule has 0 aliphatic rings. The molecule has 3 heteroatoms. The predicted octanol–water partition coefficient (Wildman–Crippen LogP) is 2.78. The standard InChI is InChI=1S/C13H29N3/c1-8-14-11(16-13(5,6)7)15-10-9-12(2,3)4/h8-10H2,1-7H3,(H2,14,15,16). The Bertz CT molecular complexity index is 218. The topological polar surface area (TPSA) is 36.4 Å². The van der Waals surface area contributed by atoms with Gasteiger partial charge in [-0.15, -0.1) is 0 Å². The third kappa shape index (κ3) is 9.81. The predicted molar refractivity (Wildman–Crippen MR) is 72.9 cm³/mol. The Hall–Kier alpha value is -0.730. The van der Waals surface area contributed by atoms with Crippen molar-refractivity contribution >= 4 is 5.96 Å². The SMILES string of the molecule is CCNC(=NCCC(C)(C)C)NC(C)(C)C. The monoisotopic (exact) mass is 227 g/mol. The van der Waals surface area contributed by atoms with Crippen molar-refractivity contribution in [2.45, 2.75) is 60.4 Å². The zero-order valence-electron chi connectivity index (χ0n) is 12.1. The minimum absolute atomic E-state index is 0.0583. The van der Waals surface area contributed by atoms with Crippen LogP contribution in [0, 0.1) is 5.41 Å². The Labute approximate surface area is 101 Å². The average molecular weight is 227 g/mol. The highest BCUT2D eigenvalue weighted by Crippen LogP contribution is 2.17. The van der Waals surface area contributed by atoms with Crippen LogP contribution in [0.25, 0.3) is 0 Å². The van der Waals surface area contributed by atoms with Gasteiger partial charge in [-0.1, -0.05) is 20.8 Å². The molecule has 16 heavy (non-hydrogen) atoms. The molecule has 0 rings (SSSR count). The van der Waals surface area contributed by atoms with Crippen LogP contribution in [-0.2, 0) is 0 Å². The van der Waals surface area contributed by atoms with Crippen LogP contribution < -0.4 is 10.6 Å². The van der Waals surface area contributed by atoms with Crippen molar-refractivity contribution in [3.8, 4) is 0 Å². The van der Waals surface area contributed by atoms with Crippen molar-refractivity contribution in [3.05, 3.63) is 0 Å². The van der Waals surface area contributed by atoms with Gasteiger partial charge in [0.05, 0.1) is 0 Å². The molecule has 0 amide bonds. The van der Waals surface area contributed by atoms with E-state index in [4.69, 9.17) is 0 Å². The lowest BCUT2D eigenvalue weighted by Crippen LogP contribution is -2.47. The molecule has 0 aliphatic heterocycles. The highest BCUT2D eigenvalue weighted by atomic mass is 15.2. The summed E-state index contributed by atoms with van der Waals surface area (Å²) in [5, 5.41) is 6.65. The Kier molecular flexibility index (Phi) is 5.84. The summed E-state index contributed by atoms with van der Waals surface area (Å²) in [5.74, 6) is 0.916. The maximum absolute atomic E-state index is 4.58. The molecular weight excluding hydrogens is 198 g/mol. The molecule has 0 saturated heterocycles. The maximum atomic E-state index is 4.58. The second-order valence-corrected chi connectivity index (χ2v) is 6.45. The summed E-state index contributed by atoms with van der Waals surface area (Å²) in [7, 11) is 0. The molecule has 0 spiro atoms. The first kappa shape index (κ1) is 15.3. The van der Waals surface area contributed by atoms with Gasteiger partial charge in [0.1, 0.15) is 0 Å². The van der Waals surface area contributed by atoms with Gasteiger partial charge in [-0.2, -0.15) is 0 Å². The molecular formula is C13H29N3. The summed E-state index contributed by atoms with van der Waals surface area (Å²) >= 11 is 0. The molecule has 0 aromatic rings. The van der Waals surface area contributed by atoms with Crippen LogP contribution in [0.3, 0.4) is 0 Å². The van der Waals surface area contributed by atoms with Crippen molar-refractivity contribution in [1.82, 2.24) is 10.6 Å². The molecule has 0 radical (unpaired) electrons. The highest BCUT2D eigenvalue weighted by Gasteiger charge is 2.12. The molecule has 0 unspecified atom stereocenters. The van der Waals surface area contributed by atoms with E-state index >= 15 is 0 Å². The van der Waals surface area contributed by atoms with Crippen LogP contribution in [0.5, 0.6) is 0 Å². The summed E-state index contributed by atoms with van der Waals surface area (Å²) in [6.07, 6.45) is 1.10. The van der Waals surface area contributed by atoms with E-state index in [2.05, 4.69) is 64.1 Å². The zero-order valence-corrected chi connectivity index (χ0v) is 12.1. The minimum atomic E-state index is 0.0583. The number of nitrogens with zero attached hydrogens (tertiary/aromatic N) is 1. The molecule has 2 N–H and O–H groups in total. The van der Waals surface area contributed by atoms with Crippen LogP contribution in [0.2, 0.25) is 0 Å². The van der Waals surface area contributed by atoms with Crippen LogP contribution >= 0.6 is 0 Å². The van der Waals surface area contributed by atoms with Gasteiger partial charge in [0, 0.05) is 18.6 Å². The minimum Gasteiger partial charge on any atom is -0.357 e. The van der Waals surface area contributed by atoms with Gasteiger partial charge in [-0.05, 0) is 39.5 Å². The van der Waals surface area contributed by atoms with E-state index in [0.29, 0.717) is 5.41 Å². The second-order valence-electron chi connectivity index (χ2n) is 6.45. The van der Waals surface area contributed by atoms with Crippen molar-refractivity contribution in [3.63, 3.8) is 0 Å². The summed E-state index contributed by atoms with van der Waals surface area (Å²) in [6.45, 7) is 17.0. The van der Waals surface area contributed by atoms with Crippen molar-refractivity contribution < 1.29 is 0 Å². The molecule has 0 heterocycles. The van der Waals surface area contributed by atoms with Gasteiger partial charge in [-0.25, -0.2) is 0 Å². The van der Waals surface area contributed by atoms with Gasteiger partial charge < -0.3 is 10.6 Å². The molecule has 0 bridgehead atoms. The largest absolute Gasteiger partial charge is 0.357 e. The zero-order chi connectivity index (χ0) is 12.8. The first-order valence-electron chi connectivity index (χ1n) is 6.20. The fourth-order valence-electron chi connectivity index (χ4n) is 1.17. The summed E-state index contributed by atoms with van der Waals surface area (Å²) in [5.41, 5.74) is 0.408. The molecule has 0 atom stereocenters. The van der Waals surface area contributed by atoms with Gasteiger partial charge in [-0.3, -0.25) is 4.99 Å². The van der Waals surface area contributed by atoms with E-state index in [1.165, 1.54) is 0 Å². The number of hydrogen-bond donors (Lipinski definition) is 2. The lowest BCUT2D eigenvalue weighted by Gasteiger charge is -2.24. The van der Waals surface area contributed by atoms with Gasteiger partial charge in [0.2, 0.25) is 0 Å². The number of aliphatic imine (C=N–C) groups is 1. The average Bonchev–Trinajstić information content (AvgIpc) is 1.98. The Balaban J connectivity index is 4.25. The Morgan fingerprint density at radius 1 is 1.06 bits per heavy atom. The molecule has 0 fully saturated rings. The van der Waals surface area contributed by atoms with Crippen LogP contribution in [0.15, 0.2) is 4.99 Å². The molecule has 0 saturated carbocycles. The summed E-state index contributed by atoms with van der Waals surface area (Å²) < 4.78 is 0. The number of rotatable bonds is 3. The first-order valence-corrected chi connectivity index (χ1v) is 6.20. The van der Waals surface area contributed by atoms with Crippen molar-refractivity contribution in [1.29, 1.82) is 0 Å². The van der Waals surface area contributed by atoms with E-state index in [9.17, 15) is 0 Å². The lowest BCUT2D eigenvalue weighted by atomic mass is 9.92. The maximum Gasteiger partial charge on any atom is 0.191 e. The Morgan fingerprint density at radius 3 is 2.00 bits per heavy atom. The molecule has 0 aromatic heterocycles.